The summed E-state index contributed by atoms with van der Waals surface area (Å²) in [5.41, 5.74) is -0.709. The van der Waals surface area contributed by atoms with Crippen molar-refractivity contribution < 1.29 is 51.7 Å². The molecule has 6 rings (SSSR count). The Morgan fingerprint density at radius 2 is 1.51 bits per heavy atom. The number of benzene rings is 5. The lowest BCUT2D eigenvalue weighted by molar-refractivity contribution is -0.150. The van der Waals surface area contributed by atoms with Crippen LogP contribution in [-0.4, -0.2) is 61.4 Å². The zero-order valence-corrected chi connectivity index (χ0v) is 39.9. The normalized spacial score (nSPS) is 18.0. The molecule has 1 amide bonds. The van der Waals surface area contributed by atoms with Crippen molar-refractivity contribution in [3.8, 4) is 11.8 Å². The van der Waals surface area contributed by atoms with E-state index in [4.69, 9.17) is 42.1 Å². The molecule has 69 heavy (non-hydrogen) atoms. The average molecular weight is 983 g/mol. The molecule has 5 aromatic carbocycles. The zero-order valence-electron chi connectivity index (χ0n) is 38.4. The van der Waals surface area contributed by atoms with Crippen LogP contribution in [0.4, 0.5) is 8.78 Å². The number of carbonyl (C=O) groups excluding carboxylic acids is 5. The summed E-state index contributed by atoms with van der Waals surface area (Å²) < 4.78 is 54.0. The van der Waals surface area contributed by atoms with Crippen molar-refractivity contribution in [3.05, 3.63) is 170 Å². The molecule has 1 fully saturated rings. The topological polar surface area (TPSA) is 170 Å². The maximum Gasteiger partial charge on any atom is 0.338 e. The van der Waals surface area contributed by atoms with E-state index >= 15 is 8.78 Å². The van der Waals surface area contributed by atoms with Crippen LogP contribution in [0, 0.1) is 28.4 Å². The minimum absolute atomic E-state index is 0.0189. The number of nitriles is 1. The number of nitrogens with one attached hydrogen (secondary N) is 2. The fourth-order valence-corrected chi connectivity index (χ4v) is 8.87. The van der Waals surface area contributed by atoms with Gasteiger partial charge in [0.15, 0.2) is 12.4 Å². The van der Waals surface area contributed by atoms with Gasteiger partial charge in [-0.15, -0.1) is 0 Å². The molecule has 0 aliphatic carbocycles. The monoisotopic (exact) mass is 981 g/mol. The van der Waals surface area contributed by atoms with Gasteiger partial charge < -0.3 is 29.6 Å². The van der Waals surface area contributed by atoms with Crippen molar-refractivity contribution in [3.63, 3.8) is 0 Å². The second-order valence-corrected chi connectivity index (χ2v) is 18.7. The van der Waals surface area contributed by atoms with Crippen LogP contribution >= 0.6 is 23.2 Å². The van der Waals surface area contributed by atoms with Crippen molar-refractivity contribution in [2.45, 2.75) is 89.1 Å². The third kappa shape index (κ3) is 12.9. The average Bonchev–Trinajstić information content (AvgIpc) is 3.64. The summed E-state index contributed by atoms with van der Waals surface area (Å²) in [4.78, 5) is 67.0. The molecule has 360 valence electrons. The van der Waals surface area contributed by atoms with Crippen molar-refractivity contribution in [1.82, 2.24) is 10.6 Å². The van der Waals surface area contributed by atoms with Crippen LogP contribution in [0.25, 0.3) is 0 Å². The quantitative estimate of drug-likeness (QED) is 0.0597. The number of ketones is 1. The summed E-state index contributed by atoms with van der Waals surface area (Å²) in [6.07, 6.45) is -0.479. The number of carbonyl (C=O) groups is 5. The molecule has 0 saturated carbocycles. The van der Waals surface area contributed by atoms with E-state index in [2.05, 4.69) is 16.7 Å². The molecule has 0 spiro atoms. The first-order chi connectivity index (χ1) is 32.9. The van der Waals surface area contributed by atoms with Crippen LogP contribution in [0.15, 0.2) is 115 Å². The molecular weight excluding hydrogens is 931 g/mol. The van der Waals surface area contributed by atoms with Crippen LogP contribution in [0.2, 0.25) is 10.0 Å². The molecule has 1 saturated heterocycles. The summed E-state index contributed by atoms with van der Waals surface area (Å²) >= 11 is 12.4. The summed E-state index contributed by atoms with van der Waals surface area (Å²) in [6.45, 7) is 4.90. The van der Waals surface area contributed by atoms with Crippen LogP contribution in [0.5, 0.6) is 5.75 Å². The molecule has 0 bridgehead atoms. The Kier molecular flexibility index (Phi) is 17.3. The number of amides is 1. The lowest BCUT2D eigenvalue weighted by Gasteiger charge is -2.37. The maximum atomic E-state index is 16.2. The maximum absolute atomic E-state index is 16.2. The number of rotatable bonds is 19. The summed E-state index contributed by atoms with van der Waals surface area (Å²) in [6, 6.07) is 29.1. The van der Waals surface area contributed by atoms with Gasteiger partial charge in [0.25, 0.3) is 5.91 Å². The first kappa shape index (κ1) is 51.7. The summed E-state index contributed by atoms with van der Waals surface area (Å²) in [7, 11) is 1.32. The third-order valence-electron chi connectivity index (χ3n) is 11.7. The SMILES string of the molecule is COc1cc(C(=O)OCC(=O)N[C@@H](CCC(=O)OCc2ccccc2)C(=O)OCc2ccccc2)ccc1CC(=O)[C@@H]1N[C@@H](CC(C)(C)C)[C@](C#N)(c2ccc(Cl)cc2F)[C@H]1c1cccc(Cl)c1F. The highest BCUT2D eigenvalue weighted by Crippen LogP contribution is 2.53. The first-order valence-electron chi connectivity index (χ1n) is 22.1. The van der Waals surface area contributed by atoms with Gasteiger partial charge in [0.05, 0.1) is 29.8 Å². The van der Waals surface area contributed by atoms with E-state index in [1.165, 1.54) is 55.6 Å². The number of Topliss-reactive ketones (excluding diaryl/α,β-unsaturated/α-hetero) is 1. The Labute approximate surface area is 409 Å². The van der Waals surface area contributed by atoms with Gasteiger partial charge in [-0.25, -0.2) is 18.4 Å². The molecule has 1 aliphatic rings. The highest BCUT2D eigenvalue weighted by Gasteiger charge is 2.61. The molecule has 0 radical (unpaired) electrons. The Morgan fingerprint density at radius 1 is 0.841 bits per heavy atom. The molecule has 2 N–H and O–H groups in total. The van der Waals surface area contributed by atoms with E-state index in [-0.39, 0.29) is 71.4 Å². The van der Waals surface area contributed by atoms with Gasteiger partial charge in [0.1, 0.15) is 42.1 Å². The molecule has 5 aromatic rings. The Balaban J connectivity index is 1.17. The molecule has 12 nitrogen and oxygen atoms in total. The van der Waals surface area contributed by atoms with Gasteiger partial charge in [0, 0.05) is 41.0 Å². The molecule has 5 atom stereocenters. The molecule has 1 aliphatic heterocycles. The van der Waals surface area contributed by atoms with Crippen molar-refractivity contribution in [2.75, 3.05) is 13.7 Å². The van der Waals surface area contributed by atoms with Gasteiger partial charge in [-0.1, -0.05) is 129 Å². The van der Waals surface area contributed by atoms with Gasteiger partial charge >= 0.3 is 17.9 Å². The number of nitrogens with zero attached hydrogens (tertiary/aromatic N) is 1. The second-order valence-electron chi connectivity index (χ2n) is 17.8. The Bertz CT molecular complexity index is 2710. The smallest absolute Gasteiger partial charge is 0.338 e. The van der Waals surface area contributed by atoms with E-state index in [9.17, 15) is 29.2 Å². The van der Waals surface area contributed by atoms with Gasteiger partial charge in [0.2, 0.25) is 0 Å². The van der Waals surface area contributed by atoms with Crippen molar-refractivity contribution >= 4 is 52.8 Å². The molecular formula is C53H51Cl2F2N3O9. The lowest BCUT2D eigenvalue weighted by atomic mass is 9.62. The van der Waals surface area contributed by atoms with E-state index in [1.807, 2.05) is 26.8 Å². The summed E-state index contributed by atoms with van der Waals surface area (Å²) in [5, 5.41) is 16.8. The van der Waals surface area contributed by atoms with Crippen molar-refractivity contribution in [2.24, 2.45) is 5.41 Å². The highest BCUT2D eigenvalue weighted by atomic mass is 35.5. The number of hydrogen-bond acceptors (Lipinski definition) is 11. The Morgan fingerprint density at radius 3 is 2.13 bits per heavy atom. The predicted molar refractivity (Wildman–Crippen MR) is 253 cm³/mol. The van der Waals surface area contributed by atoms with E-state index in [0.29, 0.717) is 11.1 Å². The molecule has 1 heterocycles. The number of ether oxygens (including phenoxy) is 4. The predicted octanol–water partition coefficient (Wildman–Crippen LogP) is 9.32. The molecule has 0 unspecified atom stereocenters. The largest absolute Gasteiger partial charge is 0.496 e. The minimum atomic E-state index is -1.84. The van der Waals surface area contributed by atoms with Crippen molar-refractivity contribution in [1.29, 1.82) is 5.26 Å². The second kappa shape index (κ2) is 23.1. The van der Waals surface area contributed by atoms with Gasteiger partial charge in [-0.2, -0.15) is 5.26 Å². The van der Waals surface area contributed by atoms with Crippen LogP contribution in [0.3, 0.4) is 0 Å². The summed E-state index contributed by atoms with van der Waals surface area (Å²) in [5.74, 6) is -6.60. The zero-order chi connectivity index (χ0) is 49.9. The van der Waals surface area contributed by atoms with Gasteiger partial charge in [-0.3, -0.25) is 14.4 Å². The minimum Gasteiger partial charge on any atom is -0.496 e. The molecule has 0 aromatic heterocycles. The Hall–Kier alpha value is -6.66. The number of esters is 3. The third-order valence-corrected chi connectivity index (χ3v) is 12.3. The number of methoxy groups -OCH3 is 1. The number of halogens is 4. The molecule has 16 heteroatoms. The van der Waals surface area contributed by atoms with Crippen LogP contribution in [0.1, 0.15) is 84.1 Å². The van der Waals surface area contributed by atoms with Gasteiger partial charge in [-0.05, 0) is 65.3 Å². The fourth-order valence-electron chi connectivity index (χ4n) is 8.52. The number of hydrogen-bond donors (Lipinski definition) is 2. The van der Waals surface area contributed by atoms with Crippen LogP contribution < -0.4 is 15.4 Å². The van der Waals surface area contributed by atoms with E-state index in [1.54, 1.807) is 54.6 Å². The lowest BCUT2D eigenvalue weighted by Crippen LogP contribution is -2.44. The van der Waals surface area contributed by atoms with Crippen LogP contribution in [-0.2, 0) is 58.4 Å². The standard InChI is InChI=1S/C53H51Cl2F2N3O9/c1-52(2,3)27-44-53(31-58,38-21-20-36(54)26-40(38)56)47(37-16-11-17-39(55)48(37)57)49(60-44)42(61)24-34-18-19-35(25-43(34)66-4)50(64)69-30-45(62)59-41(51(65)68-29-33-14-9-6-10-15-33)22-23-46(63)67-28-32-12-7-5-8-13-32/h5-21,25-26,41,44,47,49,60H,22-24,27-30H2,1-4H3,(H,59,62)/t41-,44-,47-,49-,53-/m0/s1. The first-order valence-corrected chi connectivity index (χ1v) is 22.8. The van der Waals surface area contributed by atoms with E-state index in [0.717, 1.165) is 11.6 Å². The fraction of sp³-hybridized carbons (Fsp3) is 0.321. The van der Waals surface area contributed by atoms with E-state index < -0.39 is 82.7 Å². The highest BCUT2D eigenvalue weighted by molar-refractivity contribution is 6.31.